The van der Waals surface area contributed by atoms with Gasteiger partial charge in [-0.2, -0.15) is 0 Å². The van der Waals surface area contributed by atoms with Crippen LogP contribution >= 0.6 is 0 Å². The molecule has 1 aliphatic rings. The van der Waals surface area contributed by atoms with E-state index in [-0.39, 0.29) is 13.0 Å². The zero-order chi connectivity index (χ0) is 7.83. The third kappa shape index (κ3) is 0.932. The molecule has 0 aliphatic heterocycles. The number of aliphatic hydroxyl groups is 3. The van der Waals surface area contributed by atoms with Gasteiger partial charge in [-0.15, -0.1) is 0 Å². The molecule has 1 atom stereocenters. The Labute approximate surface area is 59.3 Å². The lowest BCUT2D eigenvalue weighted by Crippen LogP contribution is -2.59. The largest absolute Gasteiger partial charge is 0.394 e. The average molecular weight is 147 g/mol. The van der Waals surface area contributed by atoms with E-state index >= 15 is 0 Å². The summed E-state index contributed by atoms with van der Waals surface area (Å²) in [6.07, 6.45) is 1.38. The molecule has 5 N–H and O–H groups in total. The van der Waals surface area contributed by atoms with Crippen molar-refractivity contribution in [3.63, 3.8) is 0 Å². The zero-order valence-corrected chi connectivity index (χ0v) is 5.75. The summed E-state index contributed by atoms with van der Waals surface area (Å²) in [5.74, 6) is -1.87. The van der Waals surface area contributed by atoms with E-state index in [1.54, 1.807) is 0 Å². The van der Waals surface area contributed by atoms with Crippen LogP contribution in [0.25, 0.3) is 0 Å². The molecule has 0 heterocycles. The number of nitrogens with two attached hydrogens (primary N) is 1. The monoisotopic (exact) mass is 147 g/mol. The van der Waals surface area contributed by atoms with Crippen LogP contribution in [0.3, 0.4) is 0 Å². The molecule has 4 nitrogen and oxygen atoms in total. The van der Waals surface area contributed by atoms with Crippen molar-refractivity contribution < 1.29 is 15.3 Å². The molecule has 1 unspecified atom stereocenters. The van der Waals surface area contributed by atoms with Gasteiger partial charge in [0.2, 0.25) is 0 Å². The van der Waals surface area contributed by atoms with E-state index in [1.807, 2.05) is 0 Å². The summed E-state index contributed by atoms with van der Waals surface area (Å²) < 4.78 is 0. The minimum Gasteiger partial charge on any atom is -0.394 e. The second kappa shape index (κ2) is 2.17. The van der Waals surface area contributed by atoms with Crippen LogP contribution in [0.4, 0.5) is 0 Å². The lowest BCUT2D eigenvalue weighted by Gasteiger charge is -2.32. The lowest BCUT2D eigenvalue weighted by atomic mass is 9.95. The van der Waals surface area contributed by atoms with Crippen molar-refractivity contribution >= 4 is 0 Å². The Bertz CT molecular complexity index is 137. The van der Waals surface area contributed by atoms with Crippen LogP contribution in [0.2, 0.25) is 0 Å². The van der Waals surface area contributed by atoms with Gasteiger partial charge >= 0.3 is 0 Å². The van der Waals surface area contributed by atoms with Gasteiger partial charge in [-0.05, 0) is 12.8 Å². The number of rotatable bonds is 1. The molecule has 0 aromatic rings. The first-order valence-corrected chi connectivity index (χ1v) is 3.36. The summed E-state index contributed by atoms with van der Waals surface area (Å²) in [4.78, 5) is 0. The van der Waals surface area contributed by atoms with Crippen molar-refractivity contribution in [1.82, 2.24) is 0 Å². The Kier molecular flexibility index (Phi) is 1.72. The van der Waals surface area contributed by atoms with Gasteiger partial charge < -0.3 is 21.1 Å². The summed E-state index contributed by atoms with van der Waals surface area (Å²) >= 11 is 0. The highest BCUT2D eigenvalue weighted by molar-refractivity contribution is 5.01. The SMILES string of the molecule is NC1(CO)CCCC1(O)O. The van der Waals surface area contributed by atoms with E-state index in [4.69, 9.17) is 10.8 Å². The average Bonchev–Trinajstić information content (AvgIpc) is 2.10. The molecule has 0 aromatic heterocycles. The van der Waals surface area contributed by atoms with Crippen LogP contribution in [-0.2, 0) is 0 Å². The number of hydrogen-bond donors (Lipinski definition) is 4. The molecule has 0 radical (unpaired) electrons. The first kappa shape index (κ1) is 7.94. The molecule has 4 heteroatoms. The molecule has 0 saturated heterocycles. The molecule has 60 valence electrons. The van der Waals surface area contributed by atoms with Crippen LogP contribution in [0, 0.1) is 0 Å². The Morgan fingerprint density at radius 2 is 1.90 bits per heavy atom. The van der Waals surface area contributed by atoms with Crippen molar-refractivity contribution in [2.24, 2.45) is 5.73 Å². The van der Waals surface area contributed by atoms with E-state index in [0.717, 1.165) is 0 Å². The molecule has 10 heavy (non-hydrogen) atoms. The van der Waals surface area contributed by atoms with Gasteiger partial charge in [-0.25, -0.2) is 0 Å². The maximum Gasteiger partial charge on any atom is 0.183 e. The van der Waals surface area contributed by atoms with Crippen LogP contribution in [-0.4, -0.2) is 33.3 Å². The number of hydrogen-bond acceptors (Lipinski definition) is 4. The van der Waals surface area contributed by atoms with Crippen molar-refractivity contribution in [2.45, 2.75) is 30.6 Å². The molecular weight excluding hydrogens is 134 g/mol. The van der Waals surface area contributed by atoms with Crippen LogP contribution < -0.4 is 5.73 Å². The molecular formula is C6H13NO3. The molecule has 0 aromatic carbocycles. The van der Waals surface area contributed by atoms with E-state index in [9.17, 15) is 10.2 Å². The van der Waals surface area contributed by atoms with Gasteiger partial charge in [0.05, 0.1) is 12.1 Å². The molecule has 1 rings (SSSR count). The number of aliphatic hydroxyl groups excluding tert-OH is 1. The van der Waals surface area contributed by atoms with Crippen LogP contribution in [0.1, 0.15) is 19.3 Å². The predicted molar refractivity (Wildman–Crippen MR) is 35.0 cm³/mol. The van der Waals surface area contributed by atoms with E-state index in [0.29, 0.717) is 12.8 Å². The third-order valence-electron chi connectivity index (χ3n) is 2.23. The fraction of sp³-hybridized carbons (Fsp3) is 1.00. The molecule has 1 fully saturated rings. The molecule has 1 aliphatic carbocycles. The van der Waals surface area contributed by atoms with E-state index < -0.39 is 11.3 Å². The van der Waals surface area contributed by atoms with E-state index in [1.165, 1.54) is 0 Å². The Balaban J connectivity index is 2.76. The van der Waals surface area contributed by atoms with Gasteiger partial charge in [0.1, 0.15) is 0 Å². The van der Waals surface area contributed by atoms with Gasteiger partial charge in [0.25, 0.3) is 0 Å². The minimum absolute atomic E-state index is 0.254. The Hall–Kier alpha value is -0.160. The lowest BCUT2D eigenvalue weighted by molar-refractivity contribution is -0.201. The van der Waals surface area contributed by atoms with E-state index in [2.05, 4.69) is 0 Å². The summed E-state index contributed by atoms with van der Waals surface area (Å²) in [6.45, 7) is -0.375. The molecule has 0 bridgehead atoms. The minimum atomic E-state index is -1.87. The second-order valence-corrected chi connectivity index (χ2v) is 2.98. The van der Waals surface area contributed by atoms with Crippen LogP contribution in [0.5, 0.6) is 0 Å². The summed E-state index contributed by atoms with van der Waals surface area (Å²) in [5.41, 5.74) is 4.28. The highest BCUT2D eigenvalue weighted by Crippen LogP contribution is 2.34. The summed E-state index contributed by atoms with van der Waals surface area (Å²) in [6, 6.07) is 0. The highest BCUT2D eigenvalue weighted by atomic mass is 16.5. The fourth-order valence-electron chi connectivity index (χ4n) is 1.31. The quantitative estimate of drug-likeness (QED) is 0.341. The van der Waals surface area contributed by atoms with Gasteiger partial charge in [-0.1, -0.05) is 0 Å². The zero-order valence-electron chi connectivity index (χ0n) is 5.75. The molecule has 1 saturated carbocycles. The molecule has 0 amide bonds. The maximum absolute atomic E-state index is 9.18. The van der Waals surface area contributed by atoms with Crippen molar-refractivity contribution in [3.05, 3.63) is 0 Å². The van der Waals surface area contributed by atoms with Crippen LogP contribution in [0.15, 0.2) is 0 Å². The Morgan fingerprint density at radius 1 is 1.30 bits per heavy atom. The Morgan fingerprint density at radius 3 is 2.10 bits per heavy atom. The predicted octanol–water partition coefficient (Wildman–Crippen LogP) is -1.46. The highest BCUT2D eigenvalue weighted by Gasteiger charge is 2.50. The van der Waals surface area contributed by atoms with Crippen molar-refractivity contribution in [3.8, 4) is 0 Å². The second-order valence-electron chi connectivity index (χ2n) is 2.98. The topological polar surface area (TPSA) is 86.7 Å². The maximum atomic E-state index is 9.18. The van der Waals surface area contributed by atoms with Gasteiger partial charge in [-0.3, -0.25) is 0 Å². The normalized spacial score (nSPS) is 38.4. The summed E-state index contributed by atoms with van der Waals surface area (Å²) in [5, 5.41) is 27.1. The van der Waals surface area contributed by atoms with Gasteiger partial charge in [0, 0.05) is 6.42 Å². The van der Waals surface area contributed by atoms with Gasteiger partial charge in [0.15, 0.2) is 5.79 Å². The van der Waals surface area contributed by atoms with Crippen molar-refractivity contribution in [2.75, 3.05) is 6.61 Å². The fourth-order valence-corrected chi connectivity index (χ4v) is 1.31. The first-order valence-electron chi connectivity index (χ1n) is 3.36. The van der Waals surface area contributed by atoms with Crippen molar-refractivity contribution in [1.29, 1.82) is 0 Å². The molecule has 0 spiro atoms. The summed E-state index contributed by atoms with van der Waals surface area (Å²) in [7, 11) is 0. The third-order valence-corrected chi connectivity index (χ3v) is 2.23. The first-order chi connectivity index (χ1) is 4.52. The smallest absolute Gasteiger partial charge is 0.183 e. The standard InChI is InChI=1S/C6H13NO3/c7-5(4-8)2-1-3-6(5,9)10/h8-10H,1-4,7H2.